The molecule has 2 aliphatic rings. The smallest absolute Gasteiger partial charge is 0.303 e. The summed E-state index contributed by atoms with van der Waals surface area (Å²) in [6.45, 7) is 1.54. The van der Waals surface area contributed by atoms with Crippen LogP contribution < -0.4 is 0 Å². The number of hydrogen-bond acceptors (Lipinski definition) is 7. The predicted molar refractivity (Wildman–Crippen MR) is 73.5 cm³/mol. The highest BCUT2D eigenvalue weighted by Gasteiger charge is 2.51. The quantitative estimate of drug-likeness (QED) is 0.587. The first kappa shape index (κ1) is 15.4. The molecule has 7 nitrogen and oxygen atoms in total. The number of carbonyl (C=O) groups is 1. The molecule has 2 saturated heterocycles. The second-order valence-corrected chi connectivity index (χ2v) is 6.72. The largest absolute Gasteiger partial charge is 0.457 e. The van der Waals surface area contributed by atoms with Crippen LogP contribution in [-0.4, -0.2) is 52.0 Å². The maximum Gasteiger partial charge on any atom is 0.303 e. The van der Waals surface area contributed by atoms with Gasteiger partial charge < -0.3 is 14.2 Å². The molecule has 0 bridgehead atoms. The Morgan fingerprint density at radius 1 is 1.09 bits per heavy atom. The van der Waals surface area contributed by atoms with Crippen molar-refractivity contribution in [1.82, 2.24) is 0 Å². The van der Waals surface area contributed by atoms with E-state index in [0.717, 1.165) is 0 Å². The van der Waals surface area contributed by atoms with Gasteiger partial charge >= 0.3 is 5.97 Å². The van der Waals surface area contributed by atoms with Crippen LogP contribution in [0.1, 0.15) is 6.92 Å². The number of ether oxygens (including phenoxy) is 3. The third-order valence-corrected chi connectivity index (χ3v) is 4.91. The van der Waals surface area contributed by atoms with E-state index in [1.54, 1.807) is 18.2 Å². The molecule has 0 radical (unpaired) electrons. The van der Waals surface area contributed by atoms with Crippen molar-refractivity contribution in [3.63, 3.8) is 0 Å². The molecule has 120 valence electrons. The van der Waals surface area contributed by atoms with E-state index in [9.17, 15) is 13.2 Å². The number of rotatable bonds is 4. The van der Waals surface area contributed by atoms with Crippen LogP contribution in [0, 0.1) is 0 Å². The molecule has 0 aliphatic carbocycles. The Balaban J connectivity index is 1.69. The molecule has 0 saturated carbocycles. The van der Waals surface area contributed by atoms with Gasteiger partial charge in [-0.3, -0.25) is 8.98 Å². The molecular formula is C14H16O7S. The average molecular weight is 328 g/mol. The minimum absolute atomic E-state index is 0.0686. The standard InChI is InChI=1S/C14H16O7S/c1-9(15)20-11-7-18-14-12(8-19-13(11)14)21-22(16,17)10-5-3-2-4-6-10/h2-6,11-14H,7-8H2,1H3/t11-,12+,13+,14+/m0/s1. The molecule has 2 fully saturated rings. The van der Waals surface area contributed by atoms with Crippen LogP contribution in [0.4, 0.5) is 0 Å². The summed E-state index contributed by atoms with van der Waals surface area (Å²) in [5.74, 6) is -0.431. The molecule has 3 rings (SSSR count). The third kappa shape index (κ3) is 3.00. The van der Waals surface area contributed by atoms with Gasteiger partial charge in [0.05, 0.1) is 18.1 Å². The molecule has 2 heterocycles. The minimum Gasteiger partial charge on any atom is -0.457 e. The highest BCUT2D eigenvalue weighted by Crippen LogP contribution is 2.32. The first-order valence-electron chi connectivity index (χ1n) is 6.86. The Morgan fingerprint density at radius 2 is 1.68 bits per heavy atom. The van der Waals surface area contributed by atoms with Crippen molar-refractivity contribution in [1.29, 1.82) is 0 Å². The van der Waals surface area contributed by atoms with Crippen LogP contribution in [0.5, 0.6) is 0 Å². The van der Waals surface area contributed by atoms with Crippen LogP contribution in [0.3, 0.4) is 0 Å². The van der Waals surface area contributed by atoms with E-state index in [4.69, 9.17) is 18.4 Å². The fourth-order valence-electron chi connectivity index (χ4n) is 2.63. The number of benzene rings is 1. The lowest BCUT2D eigenvalue weighted by Crippen LogP contribution is -2.35. The van der Waals surface area contributed by atoms with Crippen LogP contribution in [-0.2, 0) is 33.3 Å². The predicted octanol–water partition coefficient (Wildman–Crippen LogP) is 0.490. The maximum absolute atomic E-state index is 12.2. The lowest BCUT2D eigenvalue weighted by molar-refractivity contribution is -0.150. The Kier molecular flexibility index (Phi) is 4.18. The summed E-state index contributed by atoms with van der Waals surface area (Å²) < 4.78 is 45.7. The van der Waals surface area contributed by atoms with Gasteiger partial charge in [-0.25, -0.2) is 0 Å². The van der Waals surface area contributed by atoms with Gasteiger partial charge in [0.1, 0.15) is 18.3 Å². The molecule has 1 aromatic carbocycles. The first-order chi connectivity index (χ1) is 10.5. The molecule has 1 aromatic rings. The van der Waals surface area contributed by atoms with E-state index in [-0.39, 0.29) is 18.1 Å². The topological polar surface area (TPSA) is 88.1 Å². The third-order valence-electron chi connectivity index (χ3n) is 3.56. The summed E-state index contributed by atoms with van der Waals surface area (Å²) >= 11 is 0. The van der Waals surface area contributed by atoms with E-state index in [0.29, 0.717) is 0 Å². The average Bonchev–Trinajstić information content (AvgIpc) is 3.04. The highest BCUT2D eigenvalue weighted by molar-refractivity contribution is 7.86. The van der Waals surface area contributed by atoms with Gasteiger partial charge in [-0.15, -0.1) is 0 Å². The van der Waals surface area contributed by atoms with Crippen molar-refractivity contribution in [3.8, 4) is 0 Å². The Bertz CT molecular complexity index is 642. The number of hydrogen-bond donors (Lipinski definition) is 0. The molecule has 0 aromatic heterocycles. The van der Waals surface area contributed by atoms with Crippen molar-refractivity contribution in [3.05, 3.63) is 30.3 Å². The van der Waals surface area contributed by atoms with Crippen LogP contribution in [0.25, 0.3) is 0 Å². The number of fused-ring (bicyclic) bond motifs is 1. The molecule has 8 heteroatoms. The normalized spacial score (nSPS) is 31.0. The Morgan fingerprint density at radius 3 is 2.32 bits per heavy atom. The summed E-state index contributed by atoms with van der Waals surface area (Å²) in [4.78, 5) is 11.1. The van der Waals surface area contributed by atoms with Gasteiger partial charge in [-0.05, 0) is 12.1 Å². The molecule has 0 N–H and O–H groups in total. The molecule has 4 atom stereocenters. The SMILES string of the molecule is CC(=O)O[C@H]1CO[C@H]2[C@@H]1OC[C@H]2OS(=O)(=O)c1ccccc1. The monoisotopic (exact) mass is 328 g/mol. The molecule has 0 spiro atoms. The van der Waals surface area contributed by atoms with E-state index in [2.05, 4.69) is 0 Å². The van der Waals surface area contributed by atoms with Gasteiger partial charge in [0, 0.05) is 6.92 Å². The lowest BCUT2D eigenvalue weighted by atomic mass is 10.1. The summed E-state index contributed by atoms with van der Waals surface area (Å²) in [5, 5.41) is 0. The zero-order valence-electron chi connectivity index (χ0n) is 11.9. The highest BCUT2D eigenvalue weighted by atomic mass is 32.2. The van der Waals surface area contributed by atoms with E-state index < -0.39 is 40.5 Å². The van der Waals surface area contributed by atoms with Crippen molar-refractivity contribution in [2.45, 2.75) is 36.2 Å². The number of esters is 1. The molecule has 0 amide bonds. The lowest BCUT2D eigenvalue weighted by Gasteiger charge is -2.16. The zero-order valence-corrected chi connectivity index (χ0v) is 12.7. The Hall–Kier alpha value is -1.48. The maximum atomic E-state index is 12.2. The van der Waals surface area contributed by atoms with Gasteiger partial charge in [0.2, 0.25) is 0 Å². The summed E-state index contributed by atoms with van der Waals surface area (Å²) in [7, 11) is -3.89. The van der Waals surface area contributed by atoms with Crippen molar-refractivity contribution in [2.24, 2.45) is 0 Å². The van der Waals surface area contributed by atoms with E-state index >= 15 is 0 Å². The van der Waals surface area contributed by atoms with Crippen molar-refractivity contribution >= 4 is 16.1 Å². The minimum atomic E-state index is -3.89. The van der Waals surface area contributed by atoms with E-state index in [1.165, 1.54) is 19.1 Å². The van der Waals surface area contributed by atoms with Crippen LogP contribution >= 0.6 is 0 Å². The number of carbonyl (C=O) groups excluding carboxylic acids is 1. The van der Waals surface area contributed by atoms with Gasteiger partial charge in [0.25, 0.3) is 10.1 Å². The second kappa shape index (κ2) is 5.96. The van der Waals surface area contributed by atoms with Crippen LogP contribution in [0.15, 0.2) is 35.2 Å². The first-order valence-corrected chi connectivity index (χ1v) is 8.27. The van der Waals surface area contributed by atoms with Crippen molar-refractivity contribution in [2.75, 3.05) is 13.2 Å². The van der Waals surface area contributed by atoms with Gasteiger partial charge in [0.15, 0.2) is 6.10 Å². The Labute approximate surface area is 128 Å². The molecule has 22 heavy (non-hydrogen) atoms. The van der Waals surface area contributed by atoms with Gasteiger partial charge in [-0.2, -0.15) is 8.42 Å². The second-order valence-electron chi connectivity index (χ2n) is 5.15. The van der Waals surface area contributed by atoms with Crippen LogP contribution in [0.2, 0.25) is 0 Å². The molecule has 2 aliphatic heterocycles. The van der Waals surface area contributed by atoms with Crippen molar-refractivity contribution < 1.29 is 31.6 Å². The summed E-state index contributed by atoms with van der Waals surface area (Å²) in [6, 6.07) is 7.87. The van der Waals surface area contributed by atoms with E-state index in [1.807, 2.05) is 0 Å². The molecule has 0 unspecified atom stereocenters. The fraction of sp³-hybridized carbons (Fsp3) is 0.500. The van der Waals surface area contributed by atoms with Gasteiger partial charge in [-0.1, -0.05) is 18.2 Å². The summed E-state index contributed by atoms with van der Waals surface area (Å²) in [5.41, 5.74) is 0. The summed E-state index contributed by atoms with van der Waals surface area (Å²) in [6.07, 6.45) is -2.35. The fourth-order valence-corrected chi connectivity index (χ4v) is 3.72. The zero-order chi connectivity index (χ0) is 15.7. The molecular weight excluding hydrogens is 312 g/mol.